The van der Waals surface area contributed by atoms with Crippen molar-refractivity contribution in [3.63, 3.8) is 0 Å². The van der Waals surface area contributed by atoms with Crippen LogP contribution in [0, 0.1) is 5.92 Å². The summed E-state index contributed by atoms with van der Waals surface area (Å²) >= 11 is 0. The highest BCUT2D eigenvalue weighted by molar-refractivity contribution is 7.88. The predicted molar refractivity (Wildman–Crippen MR) is 75.7 cm³/mol. The minimum absolute atomic E-state index is 0.0458. The summed E-state index contributed by atoms with van der Waals surface area (Å²) in [6.45, 7) is 5.46. The van der Waals surface area contributed by atoms with E-state index in [1.807, 2.05) is 13.8 Å². The van der Waals surface area contributed by atoms with Gasteiger partial charge >= 0.3 is 5.97 Å². The van der Waals surface area contributed by atoms with Gasteiger partial charge in [-0.1, -0.05) is 13.8 Å². The molecule has 0 fully saturated rings. The molecule has 2 atom stereocenters. The normalized spacial score (nSPS) is 14.8. The highest BCUT2D eigenvalue weighted by Crippen LogP contribution is 2.07. The van der Waals surface area contributed by atoms with Crippen LogP contribution in [0.1, 0.15) is 40.0 Å². The Morgan fingerprint density at radius 1 is 1.20 bits per heavy atom. The van der Waals surface area contributed by atoms with E-state index < -0.39 is 27.9 Å². The third kappa shape index (κ3) is 9.74. The lowest BCUT2D eigenvalue weighted by molar-refractivity contribution is -0.137. The number of carboxylic acid groups (broad SMARTS) is 1. The molecule has 0 aliphatic heterocycles. The number of sulfonamides is 1. The van der Waals surface area contributed by atoms with E-state index in [0.717, 1.165) is 6.26 Å². The number of nitrogens with one attached hydrogen (secondary N) is 2. The Kier molecular flexibility index (Phi) is 7.74. The van der Waals surface area contributed by atoms with E-state index in [2.05, 4.69) is 10.0 Å². The lowest BCUT2D eigenvalue weighted by Gasteiger charge is -2.21. The summed E-state index contributed by atoms with van der Waals surface area (Å²) in [5.41, 5.74) is 0. The minimum Gasteiger partial charge on any atom is -0.481 e. The molecule has 1 amide bonds. The first-order chi connectivity index (χ1) is 9.01. The molecule has 0 aromatic rings. The smallest absolute Gasteiger partial charge is 0.303 e. The van der Waals surface area contributed by atoms with E-state index in [9.17, 15) is 18.0 Å². The number of carbonyl (C=O) groups is 2. The van der Waals surface area contributed by atoms with Crippen LogP contribution in [0.3, 0.4) is 0 Å². The topological polar surface area (TPSA) is 113 Å². The van der Waals surface area contributed by atoms with Gasteiger partial charge in [-0.05, 0) is 25.7 Å². The lowest BCUT2D eigenvalue weighted by Crippen LogP contribution is -2.49. The van der Waals surface area contributed by atoms with Crippen molar-refractivity contribution in [2.24, 2.45) is 5.92 Å². The molecule has 0 saturated carbocycles. The number of amides is 1. The number of aliphatic carboxylic acids is 1. The Hall–Kier alpha value is -1.15. The van der Waals surface area contributed by atoms with Gasteiger partial charge < -0.3 is 10.4 Å². The van der Waals surface area contributed by atoms with Crippen molar-refractivity contribution < 1.29 is 23.1 Å². The van der Waals surface area contributed by atoms with E-state index in [0.29, 0.717) is 12.8 Å². The summed E-state index contributed by atoms with van der Waals surface area (Å²) < 4.78 is 24.8. The monoisotopic (exact) mass is 308 g/mol. The Labute approximate surface area is 120 Å². The Morgan fingerprint density at radius 2 is 1.75 bits per heavy atom. The van der Waals surface area contributed by atoms with Crippen LogP contribution in [0.4, 0.5) is 0 Å². The van der Waals surface area contributed by atoms with Crippen molar-refractivity contribution in [2.75, 3.05) is 6.26 Å². The molecule has 2 unspecified atom stereocenters. The number of rotatable bonds is 9. The second-order valence-electron chi connectivity index (χ2n) is 5.41. The number of carboxylic acids is 1. The third-order valence-corrected chi connectivity index (χ3v) is 3.27. The average molecular weight is 308 g/mol. The zero-order valence-corrected chi connectivity index (χ0v) is 13.2. The van der Waals surface area contributed by atoms with Crippen molar-refractivity contribution in [2.45, 2.75) is 52.1 Å². The van der Waals surface area contributed by atoms with Crippen LogP contribution in [0.15, 0.2) is 0 Å². The molecule has 0 aliphatic rings. The van der Waals surface area contributed by atoms with E-state index in [-0.39, 0.29) is 18.4 Å². The SMILES string of the molecule is CC(C)CC(NS(C)(=O)=O)C(=O)NC(C)CCC(=O)O. The van der Waals surface area contributed by atoms with E-state index in [1.54, 1.807) is 6.92 Å². The molecule has 0 radical (unpaired) electrons. The molecule has 118 valence electrons. The fourth-order valence-corrected chi connectivity index (χ4v) is 2.41. The maximum absolute atomic E-state index is 12.0. The molecule has 3 N–H and O–H groups in total. The third-order valence-electron chi connectivity index (χ3n) is 2.56. The molecule has 20 heavy (non-hydrogen) atoms. The predicted octanol–water partition coefficient (Wildman–Crippen LogP) is 0.320. The number of carbonyl (C=O) groups excluding carboxylic acids is 1. The molecule has 0 bridgehead atoms. The lowest BCUT2D eigenvalue weighted by atomic mass is 10.0. The van der Waals surface area contributed by atoms with Crippen LogP contribution in [-0.4, -0.2) is 43.7 Å². The first-order valence-electron chi connectivity index (χ1n) is 6.50. The molecular weight excluding hydrogens is 284 g/mol. The quantitative estimate of drug-likeness (QED) is 0.568. The van der Waals surface area contributed by atoms with Gasteiger partial charge in [-0.25, -0.2) is 13.1 Å². The van der Waals surface area contributed by atoms with Crippen molar-refractivity contribution >= 4 is 21.9 Å². The first kappa shape index (κ1) is 18.9. The zero-order chi connectivity index (χ0) is 15.9. The fraction of sp³-hybridized carbons (Fsp3) is 0.833. The van der Waals surface area contributed by atoms with Crippen LogP contribution >= 0.6 is 0 Å². The average Bonchev–Trinajstić information content (AvgIpc) is 2.22. The van der Waals surface area contributed by atoms with Crippen LogP contribution in [0.2, 0.25) is 0 Å². The zero-order valence-electron chi connectivity index (χ0n) is 12.3. The summed E-state index contributed by atoms with van der Waals surface area (Å²) in [5.74, 6) is -1.21. The van der Waals surface area contributed by atoms with Gasteiger partial charge in [-0.2, -0.15) is 0 Å². The van der Waals surface area contributed by atoms with Gasteiger partial charge in [0.05, 0.1) is 6.26 Å². The molecule has 0 saturated heterocycles. The van der Waals surface area contributed by atoms with Crippen molar-refractivity contribution in [3.05, 3.63) is 0 Å². The maximum atomic E-state index is 12.0. The minimum atomic E-state index is -3.48. The van der Waals surface area contributed by atoms with Gasteiger partial charge in [-0.15, -0.1) is 0 Å². The van der Waals surface area contributed by atoms with E-state index >= 15 is 0 Å². The standard InChI is InChI=1S/C12H24N2O5S/c1-8(2)7-10(14-20(4,18)19)12(17)13-9(3)5-6-11(15)16/h8-10,14H,5-7H2,1-4H3,(H,13,17)(H,15,16). The van der Waals surface area contributed by atoms with Gasteiger partial charge in [0.2, 0.25) is 15.9 Å². The largest absolute Gasteiger partial charge is 0.481 e. The molecule has 0 aromatic carbocycles. The maximum Gasteiger partial charge on any atom is 0.303 e. The molecule has 0 rings (SSSR count). The van der Waals surface area contributed by atoms with E-state index in [1.165, 1.54) is 0 Å². The summed E-state index contributed by atoms with van der Waals surface area (Å²) in [7, 11) is -3.48. The van der Waals surface area contributed by atoms with Gasteiger partial charge in [0, 0.05) is 12.5 Å². The molecule has 8 heteroatoms. The van der Waals surface area contributed by atoms with Crippen molar-refractivity contribution in [1.29, 1.82) is 0 Å². The molecular formula is C12H24N2O5S. The molecule has 0 aliphatic carbocycles. The summed E-state index contributed by atoms with van der Waals surface area (Å²) in [5, 5.41) is 11.2. The van der Waals surface area contributed by atoms with Gasteiger partial charge in [-0.3, -0.25) is 9.59 Å². The highest BCUT2D eigenvalue weighted by Gasteiger charge is 2.24. The summed E-state index contributed by atoms with van der Waals surface area (Å²) in [6.07, 6.45) is 1.64. The number of hydrogen-bond acceptors (Lipinski definition) is 4. The molecule has 0 heterocycles. The van der Waals surface area contributed by atoms with Crippen molar-refractivity contribution in [1.82, 2.24) is 10.0 Å². The summed E-state index contributed by atoms with van der Waals surface area (Å²) in [6, 6.07) is -1.16. The molecule has 0 spiro atoms. The fourth-order valence-electron chi connectivity index (χ4n) is 1.69. The Bertz CT molecular complexity index is 433. The number of hydrogen-bond donors (Lipinski definition) is 3. The first-order valence-corrected chi connectivity index (χ1v) is 8.40. The van der Waals surface area contributed by atoms with Crippen molar-refractivity contribution in [3.8, 4) is 0 Å². The summed E-state index contributed by atoms with van der Waals surface area (Å²) in [4.78, 5) is 22.5. The van der Waals surface area contributed by atoms with Crippen LogP contribution in [0.5, 0.6) is 0 Å². The van der Waals surface area contributed by atoms with Crippen LogP contribution in [0.25, 0.3) is 0 Å². The van der Waals surface area contributed by atoms with E-state index in [4.69, 9.17) is 5.11 Å². The Balaban J connectivity index is 4.58. The van der Waals surface area contributed by atoms with Gasteiger partial charge in [0.15, 0.2) is 0 Å². The molecule has 7 nitrogen and oxygen atoms in total. The Morgan fingerprint density at radius 3 is 2.15 bits per heavy atom. The second-order valence-corrected chi connectivity index (χ2v) is 7.19. The van der Waals surface area contributed by atoms with Gasteiger partial charge in [0.25, 0.3) is 0 Å². The highest BCUT2D eigenvalue weighted by atomic mass is 32.2. The second kappa shape index (κ2) is 8.21. The van der Waals surface area contributed by atoms with Gasteiger partial charge in [0.1, 0.15) is 6.04 Å². The molecule has 0 aromatic heterocycles. The van der Waals surface area contributed by atoms with Crippen LogP contribution in [-0.2, 0) is 19.6 Å². The van der Waals surface area contributed by atoms with Crippen LogP contribution < -0.4 is 10.0 Å².